The van der Waals surface area contributed by atoms with Gasteiger partial charge >= 0.3 is 0 Å². The lowest BCUT2D eigenvalue weighted by atomic mass is 10.1. The van der Waals surface area contributed by atoms with Gasteiger partial charge < -0.3 is 43.8 Å². The number of hydrogen-bond acceptors (Lipinski definition) is 7. The number of ether oxygens (including phenoxy) is 1. The Labute approximate surface area is 252 Å². The number of methoxy groups -OCH3 is 1. The first kappa shape index (κ1) is 31.1. The van der Waals surface area contributed by atoms with Crippen molar-refractivity contribution < 1.29 is 46.3 Å². The smallest absolute Gasteiger partial charge is 0.272 e. The van der Waals surface area contributed by atoms with Gasteiger partial charge in [0, 0.05) is 31.4 Å². The van der Waals surface area contributed by atoms with Crippen molar-refractivity contribution in [1.82, 2.24) is 14.6 Å². The van der Waals surface area contributed by atoms with Gasteiger partial charge in [-0.25, -0.2) is 8.42 Å². The number of furan rings is 1. The molecule has 9 nitrogen and oxygen atoms in total. The van der Waals surface area contributed by atoms with Gasteiger partial charge in [0.05, 0.1) is 29.1 Å². The highest BCUT2D eigenvalue weighted by Crippen LogP contribution is 2.28. The molecule has 1 radical (unpaired) electrons. The van der Waals surface area contributed by atoms with Crippen LogP contribution in [-0.2, 0) is 23.1 Å². The number of rotatable bonds is 11. The zero-order chi connectivity index (χ0) is 28.0. The molecule has 0 saturated heterocycles. The van der Waals surface area contributed by atoms with E-state index < -0.39 is 10.0 Å². The van der Waals surface area contributed by atoms with E-state index in [1.165, 1.54) is 17.6 Å². The molecule has 2 aromatic carbocycles. The van der Waals surface area contributed by atoms with Gasteiger partial charge in [-0.15, -0.1) is 0 Å². The predicted molar refractivity (Wildman–Crippen MR) is 151 cm³/mol. The highest BCUT2D eigenvalue weighted by Gasteiger charge is 2.26. The Morgan fingerprint density at radius 3 is 2.38 bits per heavy atom. The summed E-state index contributed by atoms with van der Waals surface area (Å²) >= 11 is 0. The fraction of sp³-hybridized carbons (Fsp3) is 0.241. The van der Waals surface area contributed by atoms with Gasteiger partial charge in [0.15, 0.2) is 0 Å². The summed E-state index contributed by atoms with van der Waals surface area (Å²) in [6, 6.07) is 12.7. The Bertz CT molecular complexity index is 1520. The monoisotopic (exact) mass is 675 g/mol. The molecular formula is C29H32IN4O5S. The first-order valence-electron chi connectivity index (χ1n) is 12.4. The first-order chi connectivity index (χ1) is 18.7. The number of nitrogens with one attached hydrogen (secondary N) is 2. The van der Waals surface area contributed by atoms with Gasteiger partial charge in [0.1, 0.15) is 24.3 Å². The van der Waals surface area contributed by atoms with E-state index in [0.29, 0.717) is 41.3 Å². The van der Waals surface area contributed by atoms with E-state index in [4.69, 9.17) is 9.15 Å². The predicted octanol–water partition coefficient (Wildman–Crippen LogP) is 0.932. The van der Waals surface area contributed by atoms with Gasteiger partial charge in [0.2, 0.25) is 16.2 Å². The van der Waals surface area contributed by atoms with Gasteiger partial charge in [-0.3, -0.25) is 4.79 Å². The van der Waals surface area contributed by atoms with Crippen molar-refractivity contribution >= 4 is 27.8 Å². The quantitative estimate of drug-likeness (QED) is 0.293. The van der Waals surface area contributed by atoms with Crippen molar-refractivity contribution in [1.29, 1.82) is 0 Å². The lowest BCUT2D eigenvalue weighted by molar-refractivity contribution is -0.0000196. The summed E-state index contributed by atoms with van der Waals surface area (Å²) in [6.45, 7) is 4.41. The lowest BCUT2D eigenvalue weighted by Gasteiger charge is -2.19. The maximum absolute atomic E-state index is 13.3. The molecule has 0 saturated carbocycles. The Kier molecular flexibility index (Phi) is 10.7. The average Bonchev–Trinajstić information content (AvgIpc) is 3.39. The fourth-order valence-electron chi connectivity index (χ4n) is 4.20. The van der Waals surface area contributed by atoms with Crippen molar-refractivity contribution in [2.75, 3.05) is 26.0 Å². The van der Waals surface area contributed by atoms with E-state index >= 15 is 0 Å². The number of allylic oxidation sites excluding steroid dienone is 3. The van der Waals surface area contributed by atoms with Crippen LogP contribution in [0.3, 0.4) is 0 Å². The maximum Gasteiger partial charge on any atom is 0.272 e. The lowest BCUT2D eigenvalue weighted by Crippen LogP contribution is -3.00. The third-order valence-corrected chi connectivity index (χ3v) is 8.35. The number of sulfonamides is 1. The molecule has 0 spiro atoms. The van der Waals surface area contributed by atoms with Gasteiger partial charge in [-0.2, -0.15) is 4.31 Å². The molecule has 211 valence electrons. The SMILES string of the molecule is COc1cc(C)c(S(=O)(=O)N(C)Cc2cc(C(=O)NCc3ccc(NCC4=CC=CC=[N+]4)cc3)co2)c(C)c1.[I-]. The third kappa shape index (κ3) is 7.61. The van der Waals surface area contributed by atoms with Gasteiger partial charge in [-0.1, -0.05) is 12.1 Å². The molecule has 0 bridgehead atoms. The molecule has 2 N–H and O–H groups in total. The van der Waals surface area contributed by atoms with Crippen molar-refractivity contribution in [2.24, 2.45) is 0 Å². The summed E-state index contributed by atoms with van der Waals surface area (Å²) in [5, 5.41) is 6.18. The van der Waals surface area contributed by atoms with Crippen LogP contribution in [0.4, 0.5) is 5.69 Å². The highest BCUT2D eigenvalue weighted by molar-refractivity contribution is 7.89. The largest absolute Gasteiger partial charge is 1.00 e. The van der Waals surface area contributed by atoms with E-state index in [2.05, 4.69) is 15.6 Å². The minimum atomic E-state index is -3.80. The van der Waals surface area contributed by atoms with Crippen LogP contribution in [0.2, 0.25) is 0 Å². The molecule has 11 heteroatoms. The van der Waals surface area contributed by atoms with Crippen LogP contribution in [0, 0.1) is 13.8 Å². The van der Waals surface area contributed by atoms with Crippen molar-refractivity contribution in [3.05, 3.63) is 101 Å². The average molecular weight is 676 g/mol. The number of benzene rings is 2. The Hall–Kier alpha value is -3.42. The third-order valence-electron chi connectivity index (χ3n) is 6.24. The van der Waals surface area contributed by atoms with E-state index in [1.807, 2.05) is 42.5 Å². The van der Waals surface area contributed by atoms with E-state index in [9.17, 15) is 13.2 Å². The van der Waals surface area contributed by atoms with Crippen molar-refractivity contribution in [3.63, 3.8) is 0 Å². The van der Waals surface area contributed by atoms with Crippen molar-refractivity contribution in [3.8, 4) is 5.75 Å². The number of nitrogens with zero attached hydrogens (tertiary/aromatic N) is 2. The molecule has 2 heterocycles. The molecule has 1 aliphatic heterocycles. The molecule has 0 unspecified atom stereocenters. The van der Waals surface area contributed by atoms with Crippen LogP contribution in [0.5, 0.6) is 5.75 Å². The number of amides is 1. The standard InChI is InChI=1S/C29H32N4O5S.HI/c1-20-13-26(37-4)14-21(2)28(20)39(35,36)33(3)18-27-15-23(19-38-27)29(34)32-16-22-8-10-24(11-9-22)31-17-25-7-5-6-12-30-25;/h5-15,19,31H,16-18H2,1-4H3,(H,32,34);1H/q+1;/p-1. The number of carbonyl (C=O) groups excluding carboxylic acids is 1. The minimum absolute atomic E-state index is 0. The van der Waals surface area contributed by atoms with Crippen LogP contribution in [0.1, 0.15) is 32.8 Å². The van der Waals surface area contributed by atoms with E-state index in [-0.39, 0.29) is 41.3 Å². The second-order valence-corrected chi connectivity index (χ2v) is 11.2. The summed E-state index contributed by atoms with van der Waals surface area (Å²) in [5.74, 6) is 0.648. The van der Waals surface area contributed by atoms with Crippen LogP contribution < -0.4 is 44.3 Å². The molecule has 3 aromatic rings. The first-order valence-corrected chi connectivity index (χ1v) is 13.8. The maximum atomic E-state index is 13.3. The zero-order valence-corrected chi connectivity index (χ0v) is 25.7. The van der Waals surface area contributed by atoms with Crippen LogP contribution in [-0.4, -0.2) is 45.5 Å². The van der Waals surface area contributed by atoms with E-state index in [0.717, 1.165) is 16.9 Å². The summed E-state index contributed by atoms with van der Waals surface area (Å²) in [4.78, 5) is 17.2. The number of hydrogen-bond donors (Lipinski definition) is 2. The molecule has 0 atom stereocenters. The summed E-state index contributed by atoms with van der Waals surface area (Å²) < 4.78 is 38.5. The van der Waals surface area contributed by atoms with E-state index in [1.54, 1.807) is 45.4 Å². The van der Waals surface area contributed by atoms with Crippen LogP contribution in [0.15, 0.2) is 82.0 Å². The highest BCUT2D eigenvalue weighted by atomic mass is 127. The number of aryl methyl sites for hydroxylation is 2. The Morgan fingerprint density at radius 1 is 1.05 bits per heavy atom. The molecule has 4 rings (SSSR count). The zero-order valence-electron chi connectivity index (χ0n) is 22.8. The van der Waals surface area contributed by atoms with Gasteiger partial charge in [-0.05, 0) is 66.9 Å². The molecule has 0 aliphatic carbocycles. The number of anilines is 1. The molecule has 0 fully saturated rings. The summed E-state index contributed by atoms with van der Waals surface area (Å²) in [5.41, 5.74) is 4.34. The normalized spacial score (nSPS) is 12.6. The second kappa shape index (κ2) is 13.8. The molecular weight excluding hydrogens is 643 g/mol. The summed E-state index contributed by atoms with van der Waals surface area (Å²) in [7, 11) is -0.774. The number of aliphatic imine (C=N–C) groups is 1. The number of halogens is 1. The number of carbonyl (C=O) groups is 1. The second-order valence-electron chi connectivity index (χ2n) is 9.21. The Morgan fingerprint density at radius 2 is 1.75 bits per heavy atom. The van der Waals surface area contributed by atoms with Gasteiger partial charge in [0.25, 0.3) is 11.6 Å². The van der Waals surface area contributed by atoms with Crippen LogP contribution in [0.25, 0.3) is 0 Å². The molecule has 1 aliphatic rings. The fourth-order valence-corrected chi connectivity index (χ4v) is 5.74. The molecule has 1 aromatic heterocycles. The summed E-state index contributed by atoms with van der Waals surface area (Å²) in [6.07, 6.45) is 8.88. The molecule has 1 amide bonds. The topological polar surface area (TPSA) is 115 Å². The van der Waals surface area contributed by atoms with Crippen molar-refractivity contribution in [2.45, 2.75) is 31.8 Å². The minimum Gasteiger partial charge on any atom is -1.00 e. The Balaban J connectivity index is 0.00000441. The van der Waals surface area contributed by atoms with Crippen LogP contribution >= 0.6 is 0 Å². The molecule has 40 heavy (non-hydrogen) atoms.